The van der Waals surface area contributed by atoms with E-state index in [9.17, 15) is 4.79 Å². The van der Waals surface area contributed by atoms with Crippen LogP contribution in [0.25, 0.3) is 0 Å². The smallest absolute Gasteiger partial charge is 0.332 e. The third-order valence-corrected chi connectivity index (χ3v) is 2.20. The van der Waals surface area contributed by atoms with Crippen LogP contribution in [-0.4, -0.2) is 12.2 Å². The number of hydrogen-bond acceptors (Lipinski definition) is 2. The molecule has 4 heteroatoms. The van der Waals surface area contributed by atoms with Gasteiger partial charge in [-0.3, -0.25) is 0 Å². The molecule has 15 heavy (non-hydrogen) atoms. The van der Waals surface area contributed by atoms with E-state index in [1.165, 1.54) is 38.5 Å². The zero-order chi connectivity index (χ0) is 11.4. The molecule has 0 fully saturated rings. The van der Waals surface area contributed by atoms with E-state index in [1.807, 2.05) is 0 Å². The molecule has 0 radical (unpaired) electrons. The van der Waals surface area contributed by atoms with E-state index in [4.69, 9.17) is 5.73 Å². The first kappa shape index (κ1) is 13.9. The van der Waals surface area contributed by atoms with Crippen LogP contribution < -0.4 is 11.2 Å². The zero-order valence-electron chi connectivity index (χ0n) is 9.67. The lowest BCUT2D eigenvalue weighted by molar-refractivity contribution is 0.249. The second kappa shape index (κ2) is 11.0. The molecule has 0 rings (SSSR count). The third-order valence-electron chi connectivity index (χ3n) is 2.20. The van der Waals surface area contributed by atoms with Gasteiger partial charge in [-0.2, -0.15) is 5.10 Å². The largest absolute Gasteiger partial charge is 0.350 e. The summed E-state index contributed by atoms with van der Waals surface area (Å²) >= 11 is 0. The number of nitrogens with two attached hydrogens (primary N) is 1. The Morgan fingerprint density at radius 3 is 2.40 bits per heavy atom. The summed E-state index contributed by atoms with van der Waals surface area (Å²) < 4.78 is 0. The van der Waals surface area contributed by atoms with Gasteiger partial charge in [0.2, 0.25) is 0 Å². The highest BCUT2D eigenvalue weighted by molar-refractivity contribution is 5.72. The average molecular weight is 213 g/mol. The Morgan fingerprint density at radius 1 is 1.20 bits per heavy atom. The van der Waals surface area contributed by atoms with Crippen LogP contribution >= 0.6 is 0 Å². The fraction of sp³-hybridized carbons (Fsp3) is 0.818. The van der Waals surface area contributed by atoms with Crippen LogP contribution in [0.4, 0.5) is 4.79 Å². The molecule has 0 unspecified atom stereocenters. The molecule has 0 aliphatic carbocycles. The maximum atomic E-state index is 10.2. The first-order chi connectivity index (χ1) is 7.27. The average Bonchev–Trinajstić information content (AvgIpc) is 2.20. The lowest BCUT2D eigenvalue weighted by Gasteiger charge is -1.98. The summed E-state index contributed by atoms with van der Waals surface area (Å²) in [4.78, 5) is 10.2. The Kier molecular flexibility index (Phi) is 10.2. The zero-order valence-corrected chi connectivity index (χ0v) is 9.67. The molecule has 0 spiro atoms. The number of nitrogens with one attached hydrogen (secondary N) is 1. The van der Waals surface area contributed by atoms with E-state index < -0.39 is 6.03 Å². The van der Waals surface area contributed by atoms with Crippen molar-refractivity contribution in [1.29, 1.82) is 0 Å². The third kappa shape index (κ3) is 12.9. The van der Waals surface area contributed by atoms with Gasteiger partial charge in [-0.05, 0) is 12.8 Å². The molecule has 2 amide bonds. The van der Waals surface area contributed by atoms with Crippen molar-refractivity contribution >= 4 is 12.2 Å². The van der Waals surface area contributed by atoms with Crippen molar-refractivity contribution in [3.63, 3.8) is 0 Å². The van der Waals surface area contributed by atoms with Crippen molar-refractivity contribution in [2.45, 2.75) is 58.3 Å². The highest BCUT2D eigenvalue weighted by Crippen LogP contribution is 2.07. The Hall–Kier alpha value is -1.06. The van der Waals surface area contributed by atoms with Crippen LogP contribution in [0.1, 0.15) is 58.3 Å². The van der Waals surface area contributed by atoms with Gasteiger partial charge in [0.25, 0.3) is 0 Å². The van der Waals surface area contributed by atoms with Crippen molar-refractivity contribution < 1.29 is 4.79 Å². The highest BCUT2D eigenvalue weighted by Gasteiger charge is 1.89. The molecule has 0 aromatic rings. The van der Waals surface area contributed by atoms with Gasteiger partial charge in [0.1, 0.15) is 0 Å². The fourth-order valence-electron chi connectivity index (χ4n) is 1.37. The molecule has 0 aromatic heterocycles. The topological polar surface area (TPSA) is 67.5 Å². The van der Waals surface area contributed by atoms with Crippen LogP contribution in [-0.2, 0) is 0 Å². The normalized spacial score (nSPS) is 10.7. The summed E-state index contributed by atoms with van der Waals surface area (Å²) in [5, 5.41) is 3.67. The Balaban J connectivity index is 3.04. The first-order valence-corrected chi connectivity index (χ1v) is 5.84. The monoisotopic (exact) mass is 213 g/mol. The number of unbranched alkanes of at least 4 members (excludes halogenated alkanes) is 7. The molecular weight excluding hydrogens is 190 g/mol. The minimum atomic E-state index is -0.606. The minimum absolute atomic E-state index is 0.606. The van der Waals surface area contributed by atoms with Gasteiger partial charge in [-0.1, -0.05) is 45.4 Å². The van der Waals surface area contributed by atoms with Crippen molar-refractivity contribution in [1.82, 2.24) is 5.43 Å². The van der Waals surface area contributed by atoms with E-state index in [1.54, 1.807) is 6.21 Å². The lowest BCUT2D eigenvalue weighted by atomic mass is 10.1. The van der Waals surface area contributed by atoms with Gasteiger partial charge < -0.3 is 5.73 Å². The molecule has 88 valence electrons. The molecule has 0 aliphatic heterocycles. The summed E-state index contributed by atoms with van der Waals surface area (Å²) in [6.45, 7) is 2.22. The molecule has 3 N–H and O–H groups in total. The van der Waals surface area contributed by atoms with E-state index in [0.717, 1.165) is 12.8 Å². The van der Waals surface area contributed by atoms with Crippen LogP contribution in [0.5, 0.6) is 0 Å². The number of hydrazone groups is 1. The van der Waals surface area contributed by atoms with Gasteiger partial charge in [-0.15, -0.1) is 0 Å². The van der Waals surface area contributed by atoms with Gasteiger partial charge in [-0.25, -0.2) is 10.2 Å². The molecule has 0 aromatic carbocycles. The number of nitrogens with zero attached hydrogens (tertiary/aromatic N) is 1. The van der Waals surface area contributed by atoms with Crippen LogP contribution in [0.2, 0.25) is 0 Å². The quantitative estimate of drug-likeness (QED) is 0.345. The maximum Gasteiger partial charge on any atom is 0.332 e. The van der Waals surface area contributed by atoms with Crippen LogP contribution in [0.15, 0.2) is 5.10 Å². The standard InChI is InChI=1S/C11H23N3O/c1-2-3-4-5-6-7-8-9-10-13-14-11(12)15/h10H,2-9H2,1H3,(H3,12,14,15). The van der Waals surface area contributed by atoms with Gasteiger partial charge >= 0.3 is 6.03 Å². The van der Waals surface area contributed by atoms with Crippen LogP contribution in [0, 0.1) is 0 Å². The molecule has 0 saturated carbocycles. The molecule has 0 aliphatic rings. The van der Waals surface area contributed by atoms with E-state index >= 15 is 0 Å². The predicted molar refractivity (Wildman–Crippen MR) is 63.8 cm³/mol. The second-order valence-electron chi connectivity index (χ2n) is 3.70. The van der Waals surface area contributed by atoms with Crippen LogP contribution in [0.3, 0.4) is 0 Å². The molecule has 4 nitrogen and oxygen atoms in total. The van der Waals surface area contributed by atoms with Crippen molar-refractivity contribution in [2.75, 3.05) is 0 Å². The fourth-order valence-corrected chi connectivity index (χ4v) is 1.37. The molecule has 0 bridgehead atoms. The molecule has 0 atom stereocenters. The Labute approximate surface area is 92.3 Å². The highest BCUT2D eigenvalue weighted by atomic mass is 16.2. The number of carbonyl (C=O) groups excluding carboxylic acids is 1. The Bertz CT molecular complexity index is 181. The summed E-state index contributed by atoms with van der Waals surface area (Å²) in [6, 6.07) is -0.606. The second-order valence-corrected chi connectivity index (χ2v) is 3.70. The summed E-state index contributed by atoms with van der Waals surface area (Å²) in [7, 11) is 0. The number of amides is 2. The first-order valence-electron chi connectivity index (χ1n) is 5.84. The summed E-state index contributed by atoms with van der Waals surface area (Å²) in [5.41, 5.74) is 7.01. The number of urea groups is 1. The molecule has 0 saturated heterocycles. The van der Waals surface area contributed by atoms with Crippen molar-refractivity contribution in [3.8, 4) is 0 Å². The number of hydrogen-bond donors (Lipinski definition) is 2. The van der Waals surface area contributed by atoms with Crippen molar-refractivity contribution in [3.05, 3.63) is 0 Å². The van der Waals surface area contributed by atoms with Gasteiger partial charge in [0.15, 0.2) is 0 Å². The van der Waals surface area contributed by atoms with E-state index in [2.05, 4.69) is 17.5 Å². The SMILES string of the molecule is CCCCCCCCCC=NNC(N)=O. The number of rotatable bonds is 9. The summed E-state index contributed by atoms with van der Waals surface area (Å²) in [6.07, 6.45) is 11.6. The van der Waals surface area contributed by atoms with Gasteiger partial charge in [0, 0.05) is 6.21 Å². The maximum absolute atomic E-state index is 10.2. The van der Waals surface area contributed by atoms with Gasteiger partial charge in [0.05, 0.1) is 0 Å². The minimum Gasteiger partial charge on any atom is -0.350 e. The summed E-state index contributed by atoms with van der Waals surface area (Å²) in [5.74, 6) is 0. The van der Waals surface area contributed by atoms with E-state index in [-0.39, 0.29) is 0 Å². The van der Waals surface area contributed by atoms with Crippen molar-refractivity contribution in [2.24, 2.45) is 10.8 Å². The number of primary amides is 1. The molecule has 0 heterocycles. The predicted octanol–water partition coefficient (Wildman–Crippen LogP) is 2.78. The lowest BCUT2D eigenvalue weighted by Crippen LogP contribution is -2.24. The molecular formula is C11H23N3O. The Morgan fingerprint density at radius 2 is 1.80 bits per heavy atom. The van der Waals surface area contributed by atoms with E-state index in [0.29, 0.717) is 0 Å². The number of carbonyl (C=O) groups is 1.